The number of benzene rings is 2. The number of rotatable bonds is 5. The Labute approximate surface area is 203 Å². The molecule has 0 saturated carbocycles. The first-order chi connectivity index (χ1) is 16.3. The number of ether oxygens (including phenoxy) is 1. The van der Waals surface area contributed by atoms with Crippen LogP contribution in [0.25, 0.3) is 0 Å². The summed E-state index contributed by atoms with van der Waals surface area (Å²) in [4.78, 5) is 13.0. The van der Waals surface area contributed by atoms with E-state index in [-0.39, 0.29) is 46.4 Å². The van der Waals surface area contributed by atoms with Gasteiger partial charge in [-0.1, -0.05) is 6.07 Å². The smallest absolute Gasteiger partial charge is 0.202 e. The quantitative estimate of drug-likeness (QED) is 0.311. The van der Waals surface area contributed by atoms with E-state index in [1.165, 1.54) is 29.3 Å². The summed E-state index contributed by atoms with van der Waals surface area (Å²) < 4.78 is 5.72. The number of ketones is 1. The second-order valence-corrected chi connectivity index (χ2v) is 10.5. The van der Waals surface area contributed by atoms with Crippen molar-refractivity contribution >= 4 is 5.78 Å². The van der Waals surface area contributed by atoms with Crippen LogP contribution in [-0.2, 0) is 6.54 Å². The molecule has 0 spiro atoms. The zero-order valence-corrected chi connectivity index (χ0v) is 20.1. The minimum absolute atomic E-state index is 0.0437. The first kappa shape index (κ1) is 25.1. The Morgan fingerprint density at radius 3 is 2.34 bits per heavy atom. The van der Waals surface area contributed by atoms with E-state index in [0.717, 1.165) is 6.42 Å². The van der Waals surface area contributed by atoms with E-state index >= 15 is 0 Å². The van der Waals surface area contributed by atoms with Gasteiger partial charge in [0, 0.05) is 30.2 Å². The molecule has 2 aromatic rings. The highest BCUT2D eigenvalue weighted by Crippen LogP contribution is 2.46. The lowest BCUT2D eigenvalue weighted by molar-refractivity contribution is -0.196. The van der Waals surface area contributed by atoms with Crippen molar-refractivity contribution in [1.82, 2.24) is 10.4 Å². The number of phenolic OH excluding ortho intramolecular Hbond substituents is 4. The highest BCUT2D eigenvalue weighted by Gasteiger charge is 2.51. The molecule has 10 heteroatoms. The molecule has 190 valence electrons. The fourth-order valence-electron chi connectivity index (χ4n) is 5.22. The Morgan fingerprint density at radius 2 is 1.74 bits per heavy atom. The first-order valence-corrected chi connectivity index (χ1v) is 11.4. The number of Topliss-reactive ketones (excluding diaryl/α,β-unsaturated/α-hetero) is 1. The number of carbonyl (C=O) groups is 1. The van der Waals surface area contributed by atoms with Crippen LogP contribution in [0.5, 0.6) is 28.7 Å². The van der Waals surface area contributed by atoms with E-state index in [1.54, 1.807) is 0 Å². The van der Waals surface area contributed by atoms with E-state index in [0.29, 0.717) is 6.54 Å². The van der Waals surface area contributed by atoms with Crippen molar-refractivity contribution in [3.63, 3.8) is 0 Å². The number of fused-ring (bicyclic) bond motifs is 1. The molecule has 3 atom stereocenters. The molecule has 10 nitrogen and oxygen atoms in total. The van der Waals surface area contributed by atoms with E-state index in [1.807, 2.05) is 27.7 Å². The zero-order valence-electron chi connectivity index (χ0n) is 20.1. The molecule has 2 aliphatic heterocycles. The summed E-state index contributed by atoms with van der Waals surface area (Å²) in [5.74, 6) is -2.41. The van der Waals surface area contributed by atoms with Gasteiger partial charge in [-0.25, -0.2) is 0 Å². The summed E-state index contributed by atoms with van der Waals surface area (Å²) >= 11 is 0. The van der Waals surface area contributed by atoms with Crippen LogP contribution in [0.4, 0.5) is 0 Å². The number of aliphatic hydroxyl groups is 1. The van der Waals surface area contributed by atoms with Gasteiger partial charge in [-0.2, -0.15) is 5.06 Å². The SMILES string of the molecule is CC1(C)CC(CNCc2c(O)cc3c(c2O)C(=O)C(O)C(c2ccc(O)c(O)c2)O3)C(C)(C)N1O. The summed E-state index contributed by atoms with van der Waals surface area (Å²) in [5, 5.41) is 66.4. The molecule has 0 aliphatic carbocycles. The predicted octanol–water partition coefficient (Wildman–Crippen LogP) is 2.54. The average Bonchev–Trinajstić information content (AvgIpc) is 2.93. The van der Waals surface area contributed by atoms with E-state index in [4.69, 9.17) is 4.74 Å². The van der Waals surface area contributed by atoms with Crippen molar-refractivity contribution in [3.8, 4) is 28.7 Å². The molecule has 0 bridgehead atoms. The number of nitrogens with one attached hydrogen (secondary N) is 1. The van der Waals surface area contributed by atoms with Crippen LogP contribution in [0, 0.1) is 5.92 Å². The first-order valence-electron chi connectivity index (χ1n) is 11.4. The average molecular weight is 489 g/mol. The van der Waals surface area contributed by atoms with Gasteiger partial charge in [0.1, 0.15) is 22.8 Å². The molecular formula is C25H32N2O8. The number of phenols is 4. The number of aromatic hydroxyl groups is 4. The number of aliphatic hydroxyl groups excluding tert-OH is 1. The van der Waals surface area contributed by atoms with Gasteiger partial charge < -0.3 is 40.8 Å². The fourth-order valence-corrected chi connectivity index (χ4v) is 5.22. The molecule has 2 heterocycles. The number of carbonyl (C=O) groups excluding carboxylic acids is 1. The maximum Gasteiger partial charge on any atom is 0.202 e. The molecule has 2 aliphatic rings. The topological polar surface area (TPSA) is 163 Å². The number of hydroxylamine groups is 2. The Balaban J connectivity index is 1.55. The molecule has 1 fully saturated rings. The summed E-state index contributed by atoms with van der Waals surface area (Å²) in [6.07, 6.45) is -2.16. The van der Waals surface area contributed by atoms with Crippen LogP contribution < -0.4 is 10.1 Å². The second kappa shape index (κ2) is 8.56. The van der Waals surface area contributed by atoms with Gasteiger partial charge in [-0.05, 0) is 57.7 Å². The molecule has 35 heavy (non-hydrogen) atoms. The van der Waals surface area contributed by atoms with Crippen molar-refractivity contribution in [1.29, 1.82) is 0 Å². The molecule has 0 aromatic heterocycles. The van der Waals surface area contributed by atoms with Gasteiger partial charge in [-0.15, -0.1) is 0 Å². The van der Waals surface area contributed by atoms with Crippen LogP contribution >= 0.6 is 0 Å². The zero-order chi connectivity index (χ0) is 25.9. The maximum atomic E-state index is 13.0. The summed E-state index contributed by atoms with van der Waals surface area (Å²) in [5.41, 5.74) is -0.796. The minimum atomic E-state index is -1.68. The van der Waals surface area contributed by atoms with Gasteiger partial charge in [-0.3, -0.25) is 4.79 Å². The Kier molecular flexibility index (Phi) is 6.13. The van der Waals surface area contributed by atoms with Gasteiger partial charge in [0.25, 0.3) is 0 Å². The standard InChI is InChI=1S/C25H32N2O8/c1-24(2)9-13(25(3,4)27(24)34)10-26-11-14-16(29)8-18-19(20(14)31)21(32)22(33)23(35-18)12-5-6-15(28)17(30)7-12/h5-8,13,22-23,26,28-31,33-34H,9-11H2,1-4H3. The predicted molar refractivity (Wildman–Crippen MR) is 125 cm³/mol. The molecule has 7 N–H and O–H groups in total. The van der Waals surface area contributed by atoms with Crippen molar-refractivity contribution < 1.29 is 40.3 Å². The number of hydrogen-bond acceptors (Lipinski definition) is 10. The molecule has 0 amide bonds. The van der Waals surface area contributed by atoms with Gasteiger partial charge in [0.2, 0.25) is 5.78 Å². The largest absolute Gasteiger partial charge is 0.507 e. The van der Waals surface area contributed by atoms with Crippen molar-refractivity contribution in [2.24, 2.45) is 5.92 Å². The number of nitrogens with zero attached hydrogens (tertiary/aromatic N) is 1. The molecule has 4 rings (SSSR count). The van der Waals surface area contributed by atoms with E-state index in [2.05, 4.69) is 5.32 Å². The molecule has 2 aromatic carbocycles. The lowest BCUT2D eigenvalue weighted by atomic mass is 9.87. The monoisotopic (exact) mass is 488 g/mol. The summed E-state index contributed by atoms with van der Waals surface area (Å²) in [6.45, 7) is 8.34. The minimum Gasteiger partial charge on any atom is -0.507 e. The van der Waals surface area contributed by atoms with Crippen LogP contribution in [0.1, 0.15) is 61.7 Å². The molecular weight excluding hydrogens is 456 g/mol. The number of hydrogen-bond donors (Lipinski definition) is 7. The van der Waals surface area contributed by atoms with Crippen LogP contribution in [0.2, 0.25) is 0 Å². The third-order valence-corrected chi connectivity index (χ3v) is 7.29. The Hall–Kier alpha value is -3.05. The summed E-state index contributed by atoms with van der Waals surface area (Å²) in [6, 6.07) is 4.96. The van der Waals surface area contributed by atoms with Crippen molar-refractivity contribution in [3.05, 3.63) is 41.0 Å². The fraction of sp³-hybridized carbons (Fsp3) is 0.480. The van der Waals surface area contributed by atoms with Gasteiger partial charge in [0.15, 0.2) is 23.7 Å². The normalized spacial score (nSPS) is 25.3. The highest BCUT2D eigenvalue weighted by molar-refractivity contribution is 6.06. The third-order valence-electron chi connectivity index (χ3n) is 7.29. The molecule has 3 unspecified atom stereocenters. The van der Waals surface area contributed by atoms with Gasteiger partial charge >= 0.3 is 0 Å². The molecule has 1 saturated heterocycles. The van der Waals surface area contributed by atoms with E-state index in [9.17, 15) is 35.5 Å². The van der Waals surface area contributed by atoms with E-state index < -0.39 is 40.6 Å². The molecule has 0 radical (unpaired) electrons. The maximum absolute atomic E-state index is 13.0. The van der Waals surface area contributed by atoms with Crippen molar-refractivity contribution in [2.45, 2.75) is 63.9 Å². The lowest BCUT2D eigenvalue weighted by Gasteiger charge is -2.36. The highest BCUT2D eigenvalue weighted by atomic mass is 16.5. The Bertz CT molecular complexity index is 1160. The van der Waals surface area contributed by atoms with Crippen LogP contribution in [0.15, 0.2) is 24.3 Å². The summed E-state index contributed by atoms with van der Waals surface area (Å²) in [7, 11) is 0. The van der Waals surface area contributed by atoms with Crippen LogP contribution in [-0.4, -0.2) is 65.3 Å². The van der Waals surface area contributed by atoms with Gasteiger partial charge in [0.05, 0.1) is 5.56 Å². The lowest BCUT2D eigenvalue weighted by Crippen LogP contribution is -2.48. The Morgan fingerprint density at radius 1 is 1.06 bits per heavy atom. The third kappa shape index (κ3) is 4.16. The van der Waals surface area contributed by atoms with Crippen LogP contribution in [0.3, 0.4) is 0 Å². The second-order valence-electron chi connectivity index (χ2n) is 10.5. The van der Waals surface area contributed by atoms with Crippen molar-refractivity contribution in [2.75, 3.05) is 6.54 Å².